The summed E-state index contributed by atoms with van der Waals surface area (Å²) in [5, 5.41) is 0.320. The van der Waals surface area contributed by atoms with Gasteiger partial charge in [-0.05, 0) is 12.1 Å². The van der Waals surface area contributed by atoms with Crippen molar-refractivity contribution in [1.29, 1.82) is 0 Å². The normalized spacial score (nSPS) is 10.2. The van der Waals surface area contributed by atoms with Gasteiger partial charge in [0.2, 0.25) is 0 Å². The van der Waals surface area contributed by atoms with E-state index < -0.39 is 0 Å². The first-order valence-corrected chi connectivity index (χ1v) is 7.41. The van der Waals surface area contributed by atoms with Gasteiger partial charge in [0.05, 0.1) is 17.4 Å². The molecular formula is C17H19ClN4OU. The Morgan fingerprint density at radius 2 is 2.04 bits per heavy atom. The fraction of sp³-hybridized carbons (Fsp3) is 0.176. The third-order valence-corrected chi connectivity index (χ3v) is 3.89. The molecule has 5 nitrogen and oxygen atoms in total. The van der Waals surface area contributed by atoms with Crippen LogP contribution in [0.4, 0.5) is 5.69 Å². The number of halogens is 1. The van der Waals surface area contributed by atoms with Crippen molar-refractivity contribution in [2.24, 2.45) is 7.05 Å². The number of rotatable bonds is 5. The molecule has 2 aromatic rings. The zero-order valence-corrected chi connectivity index (χ0v) is 18.5. The van der Waals surface area contributed by atoms with Crippen LogP contribution in [0.25, 0.3) is 16.8 Å². The van der Waals surface area contributed by atoms with Gasteiger partial charge in [-0.15, -0.1) is 13.1 Å². The van der Waals surface area contributed by atoms with E-state index >= 15 is 0 Å². The Morgan fingerprint density at radius 1 is 1.42 bits per heavy atom. The van der Waals surface area contributed by atoms with Crippen molar-refractivity contribution in [3.8, 4) is 11.1 Å². The summed E-state index contributed by atoms with van der Waals surface area (Å²) in [5.74, 6) is 0. The molecule has 0 aliphatic rings. The van der Waals surface area contributed by atoms with Gasteiger partial charge in [0.1, 0.15) is 5.15 Å². The molecule has 0 bridgehead atoms. The molecule has 2 heterocycles. The average Bonchev–Trinajstić information content (AvgIpc) is 2.53. The molecule has 0 saturated carbocycles. The third kappa shape index (κ3) is 4.24. The third-order valence-electron chi connectivity index (χ3n) is 3.59. The summed E-state index contributed by atoms with van der Waals surface area (Å²) in [7, 11) is 1.68. The molecule has 2 aromatic heterocycles. The maximum absolute atomic E-state index is 12.4. The van der Waals surface area contributed by atoms with E-state index in [1.807, 2.05) is 4.90 Å². The fourth-order valence-corrected chi connectivity index (χ4v) is 2.50. The molecule has 0 spiro atoms. The molecule has 7 heteroatoms. The van der Waals surface area contributed by atoms with Crippen LogP contribution in [0.1, 0.15) is 5.56 Å². The molecule has 0 saturated heterocycles. The number of nitrogens with zero attached hydrogens (tertiary/aromatic N) is 3. The second kappa shape index (κ2) is 8.75. The van der Waals surface area contributed by atoms with E-state index in [9.17, 15) is 4.79 Å². The van der Waals surface area contributed by atoms with Crippen LogP contribution in [-0.2, 0) is 7.05 Å². The van der Waals surface area contributed by atoms with Crippen molar-refractivity contribution < 1.29 is 31.1 Å². The summed E-state index contributed by atoms with van der Waals surface area (Å²) in [6.45, 7) is 12.6. The summed E-state index contributed by atoms with van der Waals surface area (Å²) in [6, 6.07) is 3.47. The Bertz CT molecular complexity index is 800. The van der Waals surface area contributed by atoms with Gasteiger partial charge in [-0.3, -0.25) is 4.79 Å². The molecule has 124 valence electrons. The van der Waals surface area contributed by atoms with Crippen molar-refractivity contribution in [3.05, 3.63) is 66.0 Å². The van der Waals surface area contributed by atoms with E-state index in [0.29, 0.717) is 40.8 Å². The number of aromatic nitrogens is 2. The molecule has 0 unspecified atom stereocenters. The first kappa shape index (κ1) is 20.8. The molecule has 0 atom stereocenters. The molecule has 0 fully saturated rings. The largest absolute Gasteiger partial charge is 2.00 e. The van der Waals surface area contributed by atoms with E-state index in [1.54, 1.807) is 25.4 Å². The van der Waals surface area contributed by atoms with E-state index in [2.05, 4.69) is 25.4 Å². The van der Waals surface area contributed by atoms with Crippen LogP contribution in [-0.4, -0.2) is 27.5 Å². The van der Waals surface area contributed by atoms with Gasteiger partial charge in [-0.1, -0.05) is 18.2 Å². The van der Waals surface area contributed by atoms with Crippen molar-refractivity contribution in [1.82, 2.24) is 14.5 Å². The van der Waals surface area contributed by atoms with Crippen molar-refractivity contribution in [2.45, 2.75) is 0 Å². The van der Waals surface area contributed by atoms with E-state index in [-0.39, 0.29) is 36.7 Å². The first-order valence-electron chi connectivity index (χ1n) is 7.03. The monoisotopic (exact) mass is 568 g/mol. The van der Waals surface area contributed by atoms with Crippen LogP contribution < -0.4 is 11.3 Å². The van der Waals surface area contributed by atoms with Gasteiger partial charge < -0.3 is 29.0 Å². The number of anilines is 1. The van der Waals surface area contributed by atoms with E-state index in [4.69, 9.17) is 17.3 Å². The molecule has 0 aliphatic carbocycles. The quantitative estimate of drug-likeness (QED) is 0.445. The van der Waals surface area contributed by atoms with Crippen LogP contribution in [0.2, 0.25) is 5.15 Å². The number of nitrogens with two attached hydrogens (primary N) is 1. The average molecular weight is 569 g/mol. The number of hydrogen-bond donors (Lipinski definition) is 1. The van der Waals surface area contributed by atoms with Gasteiger partial charge in [-0.25, -0.2) is 4.98 Å². The Balaban J connectivity index is 0.00000288. The molecule has 24 heavy (non-hydrogen) atoms. The molecule has 0 aliphatic heterocycles. The molecular weight excluding hydrogens is 550 g/mol. The minimum absolute atomic E-state index is 0. The number of aryl methyl sites for hydroxylation is 1. The minimum atomic E-state index is -0.154. The zero-order valence-electron chi connectivity index (χ0n) is 13.6. The van der Waals surface area contributed by atoms with E-state index in [1.165, 1.54) is 10.8 Å². The molecule has 0 amide bonds. The Kier molecular flexibility index (Phi) is 7.60. The van der Waals surface area contributed by atoms with Crippen LogP contribution in [0.3, 0.4) is 0 Å². The number of hydrogen-bond acceptors (Lipinski definition) is 4. The number of nitrogen functional groups attached to an aromatic ring is 1. The van der Waals surface area contributed by atoms with Crippen LogP contribution in [0, 0.1) is 45.0 Å². The topological polar surface area (TPSA) is 64.1 Å². The van der Waals surface area contributed by atoms with Crippen molar-refractivity contribution >= 4 is 23.0 Å². The SMILES string of the molecule is C=C(c1cc(-c2cc(N)cnc2Cl)cn(C)c1=O)N(C[CH2-])C[CH2-].[U+2]. The summed E-state index contributed by atoms with van der Waals surface area (Å²) in [6.07, 6.45) is 3.18. The summed E-state index contributed by atoms with van der Waals surface area (Å²) >= 11 is 6.17. The van der Waals surface area contributed by atoms with E-state index in [0.717, 1.165) is 5.56 Å². The fourth-order valence-electron chi connectivity index (χ4n) is 2.28. The van der Waals surface area contributed by atoms with Crippen molar-refractivity contribution in [3.63, 3.8) is 0 Å². The zero-order chi connectivity index (χ0) is 17.1. The van der Waals surface area contributed by atoms with Crippen LogP contribution >= 0.6 is 11.6 Å². The second-order valence-electron chi connectivity index (χ2n) is 5.10. The Hall–Kier alpha value is -1.22. The summed E-state index contributed by atoms with van der Waals surface area (Å²) in [5.41, 5.74) is 8.57. The second-order valence-corrected chi connectivity index (χ2v) is 5.46. The summed E-state index contributed by atoms with van der Waals surface area (Å²) < 4.78 is 1.49. The predicted octanol–water partition coefficient (Wildman–Crippen LogP) is 2.62. The van der Waals surface area contributed by atoms with Gasteiger partial charge in [-0.2, -0.15) is 0 Å². The minimum Gasteiger partial charge on any atom is -0.431 e. The van der Waals surface area contributed by atoms with Gasteiger partial charge >= 0.3 is 31.1 Å². The standard InChI is InChI=1S/C17H19ClN4O.U/c1-5-22(6-2)11(3)14-7-12(10-21(4)17(14)23)15-8-13(19)9-20-16(15)18;/h7-10H,1-3,5-6,19H2,4H3;/q-2;+2. The molecule has 2 rings (SSSR count). The smallest absolute Gasteiger partial charge is 0.431 e. The number of pyridine rings is 2. The molecule has 2 N–H and O–H groups in total. The summed E-state index contributed by atoms with van der Waals surface area (Å²) in [4.78, 5) is 18.3. The molecule has 0 radical (unpaired) electrons. The van der Waals surface area contributed by atoms with Crippen LogP contribution in [0.15, 0.2) is 35.9 Å². The maximum Gasteiger partial charge on any atom is 2.00 e. The predicted molar refractivity (Wildman–Crippen MR) is 95.7 cm³/mol. The van der Waals surface area contributed by atoms with Gasteiger partial charge in [0.25, 0.3) is 5.56 Å². The van der Waals surface area contributed by atoms with Gasteiger partial charge in [0.15, 0.2) is 0 Å². The Morgan fingerprint density at radius 3 is 2.62 bits per heavy atom. The first-order chi connectivity index (χ1) is 10.9. The Labute approximate surface area is 170 Å². The van der Waals surface area contributed by atoms with Crippen molar-refractivity contribution in [2.75, 3.05) is 18.8 Å². The molecule has 0 aromatic carbocycles. The van der Waals surface area contributed by atoms with Gasteiger partial charge in [0, 0.05) is 30.1 Å². The maximum atomic E-state index is 12.4. The van der Waals surface area contributed by atoms with Crippen LogP contribution in [0.5, 0.6) is 0 Å².